The van der Waals surface area contributed by atoms with Gasteiger partial charge < -0.3 is 10.3 Å². The summed E-state index contributed by atoms with van der Waals surface area (Å²) in [5, 5.41) is 3.29. The zero-order valence-corrected chi connectivity index (χ0v) is 8.78. The van der Waals surface area contributed by atoms with Gasteiger partial charge in [0, 0.05) is 17.8 Å². The topological polar surface area (TPSA) is 40.7 Å². The molecule has 2 aliphatic rings. The first kappa shape index (κ1) is 8.41. The van der Waals surface area contributed by atoms with Crippen LogP contribution < -0.4 is 5.32 Å². The summed E-state index contributed by atoms with van der Waals surface area (Å²) >= 11 is 5.13. The molecule has 1 aromatic rings. The molecule has 3 nitrogen and oxygen atoms in total. The zero-order valence-electron chi connectivity index (χ0n) is 7.97. The molecule has 74 valence electrons. The summed E-state index contributed by atoms with van der Waals surface area (Å²) in [6, 6.07) is 0. The molecule has 14 heavy (non-hydrogen) atoms. The van der Waals surface area contributed by atoms with Gasteiger partial charge in [-0.3, -0.25) is 0 Å². The lowest BCUT2D eigenvalue weighted by molar-refractivity contribution is 0.408. The molecule has 1 saturated carbocycles. The third-order valence-corrected chi connectivity index (χ3v) is 3.44. The lowest BCUT2D eigenvalue weighted by Gasteiger charge is -2.26. The van der Waals surface area contributed by atoms with E-state index in [4.69, 9.17) is 12.2 Å². The number of fused-ring (bicyclic) bond motifs is 1. The molecule has 0 amide bonds. The van der Waals surface area contributed by atoms with Gasteiger partial charge in [0.1, 0.15) is 5.82 Å². The summed E-state index contributed by atoms with van der Waals surface area (Å²) in [6.45, 7) is 1.01. The Bertz CT molecular complexity index is 420. The third kappa shape index (κ3) is 1.17. The van der Waals surface area contributed by atoms with Crippen LogP contribution in [0, 0.1) is 4.77 Å². The Kier molecular flexibility index (Phi) is 1.83. The van der Waals surface area contributed by atoms with Crippen molar-refractivity contribution in [3.05, 3.63) is 16.0 Å². The molecule has 0 spiro atoms. The predicted molar refractivity (Wildman–Crippen MR) is 58.2 cm³/mol. The number of nitrogens with zero attached hydrogens (tertiary/aromatic N) is 1. The second-order valence-corrected chi connectivity index (χ2v) is 4.47. The van der Waals surface area contributed by atoms with Crippen LogP contribution >= 0.6 is 12.2 Å². The van der Waals surface area contributed by atoms with Crippen LogP contribution in [0.1, 0.15) is 36.4 Å². The van der Waals surface area contributed by atoms with Crippen LogP contribution in [0.15, 0.2) is 0 Å². The van der Waals surface area contributed by atoms with Crippen molar-refractivity contribution in [1.82, 2.24) is 9.97 Å². The minimum Gasteiger partial charge on any atom is -0.369 e. The van der Waals surface area contributed by atoms with Gasteiger partial charge in [-0.15, -0.1) is 0 Å². The van der Waals surface area contributed by atoms with E-state index in [1.54, 1.807) is 0 Å². The van der Waals surface area contributed by atoms with Crippen molar-refractivity contribution < 1.29 is 0 Å². The van der Waals surface area contributed by atoms with E-state index in [9.17, 15) is 0 Å². The highest BCUT2D eigenvalue weighted by molar-refractivity contribution is 7.71. The lowest BCUT2D eigenvalue weighted by atomic mass is 9.81. The van der Waals surface area contributed by atoms with Crippen molar-refractivity contribution in [2.75, 3.05) is 11.9 Å². The maximum absolute atomic E-state index is 5.13. The number of nitrogens with one attached hydrogen (secondary N) is 2. The van der Waals surface area contributed by atoms with Crippen LogP contribution in [0.4, 0.5) is 5.82 Å². The number of anilines is 1. The number of aromatic nitrogens is 2. The number of H-pyrrole nitrogens is 1. The van der Waals surface area contributed by atoms with E-state index in [-0.39, 0.29) is 0 Å². The second-order valence-electron chi connectivity index (χ2n) is 4.09. The Morgan fingerprint density at radius 2 is 2.21 bits per heavy atom. The standard InChI is InChI=1S/C10H13N3S/c14-10-12-8(6-2-1-3-6)7-4-5-11-9(7)13-10/h6H,1-5H2,(H2,11,12,13,14). The Morgan fingerprint density at radius 3 is 2.93 bits per heavy atom. The minimum absolute atomic E-state index is 0.625. The van der Waals surface area contributed by atoms with Gasteiger partial charge in [-0.1, -0.05) is 6.42 Å². The van der Waals surface area contributed by atoms with Gasteiger partial charge in [-0.2, -0.15) is 0 Å². The third-order valence-electron chi connectivity index (χ3n) is 3.25. The van der Waals surface area contributed by atoms with E-state index < -0.39 is 0 Å². The van der Waals surface area contributed by atoms with Crippen LogP contribution in [0.5, 0.6) is 0 Å². The predicted octanol–water partition coefficient (Wildman–Crippen LogP) is 2.37. The van der Waals surface area contributed by atoms with Crippen molar-refractivity contribution in [3.63, 3.8) is 0 Å². The molecular formula is C10H13N3S. The van der Waals surface area contributed by atoms with Crippen molar-refractivity contribution >= 4 is 18.0 Å². The monoisotopic (exact) mass is 207 g/mol. The van der Waals surface area contributed by atoms with Crippen molar-refractivity contribution in [3.8, 4) is 0 Å². The van der Waals surface area contributed by atoms with Crippen LogP contribution in [0.2, 0.25) is 0 Å². The van der Waals surface area contributed by atoms with E-state index in [1.165, 1.54) is 30.5 Å². The van der Waals surface area contributed by atoms with Gasteiger partial charge >= 0.3 is 0 Å². The summed E-state index contributed by atoms with van der Waals surface area (Å²) < 4.78 is 0.625. The van der Waals surface area contributed by atoms with E-state index >= 15 is 0 Å². The van der Waals surface area contributed by atoms with Crippen LogP contribution in [-0.2, 0) is 6.42 Å². The fourth-order valence-electron chi connectivity index (χ4n) is 2.27. The molecule has 0 atom stereocenters. The Hall–Kier alpha value is -0.900. The molecule has 0 radical (unpaired) electrons. The number of rotatable bonds is 1. The van der Waals surface area contributed by atoms with E-state index in [0.717, 1.165) is 18.8 Å². The first-order chi connectivity index (χ1) is 6.84. The zero-order chi connectivity index (χ0) is 9.54. The van der Waals surface area contributed by atoms with E-state index in [1.807, 2.05) is 0 Å². The Balaban J connectivity index is 2.13. The molecule has 4 heteroatoms. The van der Waals surface area contributed by atoms with Gasteiger partial charge in [0.05, 0.1) is 0 Å². The van der Waals surface area contributed by atoms with Gasteiger partial charge in [-0.05, 0) is 37.4 Å². The summed E-state index contributed by atoms with van der Waals surface area (Å²) in [5.41, 5.74) is 2.74. The first-order valence-corrected chi connectivity index (χ1v) is 5.62. The van der Waals surface area contributed by atoms with Gasteiger partial charge in [0.25, 0.3) is 0 Å². The molecule has 0 aromatic carbocycles. The molecule has 1 aliphatic heterocycles. The number of aromatic amines is 1. The fourth-order valence-corrected chi connectivity index (χ4v) is 2.47. The Labute approximate surface area is 88.0 Å². The maximum atomic E-state index is 5.13. The lowest BCUT2D eigenvalue weighted by Crippen LogP contribution is -2.13. The smallest absolute Gasteiger partial charge is 0.198 e. The number of hydrogen-bond donors (Lipinski definition) is 2. The van der Waals surface area contributed by atoms with Crippen LogP contribution in [0.25, 0.3) is 0 Å². The molecule has 0 bridgehead atoms. The van der Waals surface area contributed by atoms with Gasteiger partial charge in [0.15, 0.2) is 4.77 Å². The fraction of sp³-hybridized carbons (Fsp3) is 0.600. The quantitative estimate of drug-likeness (QED) is 0.695. The molecular weight excluding hydrogens is 194 g/mol. The SMILES string of the molecule is S=c1nc2c(c(C3CCC3)[nH]1)CCN2. The van der Waals surface area contributed by atoms with Crippen LogP contribution in [-0.4, -0.2) is 16.5 Å². The molecule has 0 saturated heterocycles. The van der Waals surface area contributed by atoms with Crippen molar-refractivity contribution in [1.29, 1.82) is 0 Å². The Morgan fingerprint density at radius 1 is 1.36 bits per heavy atom. The van der Waals surface area contributed by atoms with Gasteiger partial charge in [-0.25, -0.2) is 4.98 Å². The normalized spacial score (nSPS) is 20.0. The maximum Gasteiger partial charge on any atom is 0.198 e. The molecule has 2 N–H and O–H groups in total. The highest BCUT2D eigenvalue weighted by Crippen LogP contribution is 2.39. The highest BCUT2D eigenvalue weighted by atomic mass is 32.1. The summed E-state index contributed by atoms with van der Waals surface area (Å²) in [7, 11) is 0. The molecule has 3 rings (SSSR count). The molecule has 1 aromatic heterocycles. The molecule has 1 fully saturated rings. The molecule has 1 aliphatic carbocycles. The van der Waals surface area contributed by atoms with E-state index in [2.05, 4.69) is 15.3 Å². The van der Waals surface area contributed by atoms with Crippen LogP contribution in [0.3, 0.4) is 0 Å². The van der Waals surface area contributed by atoms with Crippen molar-refractivity contribution in [2.24, 2.45) is 0 Å². The largest absolute Gasteiger partial charge is 0.369 e. The summed E-state index contributed by atoms with van der Waals surface area (Å²) in [6.07, 6.45) is 5.07. The summed E-state index contributed by atoms with van der Waals surface area (Å²) in [4.78, 5) is 7.58. The van der Waals surface area contributed by atoms with E-state index in [0.29, 0.717) is 10.7 Å². The summed E-state index contributed by atoms with van der Waals surface area (Å²) in [5.74, 6) is 1.74. The minimum atomic E-state index is 0.625. The average molecular weight is 207 g/mol. The molecule has 0 unspecified atom stereocenters. The second kappa shape index (κ2) is 3.05. The molecule has 2 heterocycles. The average Bonchev–Trinajstić information content (AvgIpc) is 2.47. The number of hydrogen-bond acceptors (Lipinski definition) is 3. The van der Waals surface area contributed by atoms with Crippen molar-refractivity contribution in [2.45, 2.75) is 31.6 Å². The van der Waals surface area contributed by atoms with Gasteiger partial charge in [0.2, 0.25) is 0 Å². The highest BCUT2D eigenvalue weighted by Gasteiger charge is 2.26. The first-order valence-electron chi connectivity index (χ1n) is 5.21.